The van der Waals surface area contributed by atoms with Gasteiger partial charge in [-0.15, -0.1) is 0 Å². The van der Waals surface area contributed by atoms with Gasteiger partial charge in [-0.2, -0.15) is 0 Å². The highest BCUT2D eigenvalue weighted by atomic mass is 16.2. The minimum atomic E-state index is -0.191. The van der Waals surface area contributed by atoms with E-state index in [9.17, 15) is 9.59 Å². The number of hydrogen-bond donors (Lipinski definition) is 3. The standard InChI is InChI=1S/C23H23N3O2/c1-16-2-4-17(5-3-16)14-25-22(27)19-8-10-20(11-9-19)23(28)26-15-18-6-12-21(24)13-7-18/h2-13H,14-15,24H2,1H3,(H,25,27)(H,26,28). The van der Waals surface area contributed by atoms with Crippen LogP contribution in [0, 0.1) is 6.92 Å². The number of carbonyl (C=O) groups excluding carboxylic acids is 2. The van der Waals surface area contributed by atoms with E-state index in [0.717, 1.165) is 11.1 Å². The minimum Gasteiger partial charge on any atom is -0.399 e. The van der Waals surface area contributed by atoms with E-state index in [1.165, 1.54) is 5.56 Å². The van der Waals surface area contributed by atoms with Crippen LogP contribution in [0.4, 0.5) is 5.69 Å². The van der Waals surface area contributed by atoms with E-state index in [1.807, 2.05) is 43.3 Å². The van der Waals surface area contributed by atoms with Crippen LogP contribution in [0.25, 0.3) is 0 Å². The van der Waals surface area contributed by atoms with Gasteiger partial charge in [-0.05, 0) is 54.4 Å². The number of rotatable bonds is 6. The molecule has 0 radical (unpaired) electrons. The highest BCUT2D eigenvalue weighted by Gasteiger charge is 2.09. The van der Waals surface area contributed by atoms with Gasteiger partial charge in [0.05, 0.1) is 0 Å². The Labute approximate surface area is 164 Å². The summed E-state index contributed by atoms with van der Waals surface area (Å²) in [6.07, 6.45) is 0. The summed E-state index contributed by atoms with van der Waals surface area (Å²) in [6, 6.07) is 22.0. The zero-order chi connectivity index (χ0) is 19.9. The van der Waals surface area contributed by atoms with E-state index in [0.29, 0.717) is 29.9 Å². The summed E-state index contributed by atoms with van der Waals surface area (Å²) in [5.41, 5.74) is 10.5. The molecule has 0 fully saturated rings. The van der Waals surface area contributed by atoms with E-state index in [2.05, 4.69) is 10.6 Å². The topological polar surface area (TPSA) is 84.2 Å². The SMILES string of the molecule is Cc1ccc(CNC(=O)c2ccc(C(=O)NCc3ccc(N)cc3)cc2)cc1. The summed E-state index contributed by atoms with van der Waals surface area (Å²) >= 11 is 0. The van der Waals surface area contributed by atoms with Crippen molar-refractivity contribution in [1.29, 1.82) is 0 Å². The molecule has 0 aliphatic heterocycles. The van der Waals surface area contributed by atoms with Gasteiger partial charge in [-0.3, -0.25) is 9.59 Å². The number of carbonyl (C=O) groups is 2. The van der Waals surface area contributed by atoms with Gasteiger partial charge < -0.3 is 16.4 Å². The molecule has 0 bridgehead atoms. The summed E-state index contributed by atoms with van der Waals surface area (Å²) in [5, 5.41) is 5.74. The maximum absolute atomic E-state index is 12.3. The number of hydrogen-bond acceptors (Lipinski definition) is 3. The molecule has 0 aliphatic carbocycles. The Morgan fingerprint density at radius 1 is 0.679 bits per heavy atom. The molecule has 0 spiro atoms. The van der Waals surface area contributed by atoms with Crippen LogP contribution in [0.2, 0.25) is 0 Å². The van der Waals surface area contributed by atoms with Gasteiger partial charge in [-0.1, -0.05) is 42.0 Å². The number of amides is 2. The van der Waals surface area contributed by atoms with Gasteiger partial charge in [0.2, 0.25) is 0 Å². The molecule has 3 aromatic rings. The fourth-order valence-electron chi connectivity index (χ4n) is 2.68. The molecule has 0 heterocycles. The van der Waals surface area contributed by atoms with Crippen molar-refractivity contribution < 1.29 is 9.59 Å². The van der Waals surface area contributed by atoms with Gasteiger partial charge in [0.25, 0.3) is 11.8 Å². The zero-order valence-electron chi connectivity index (χ0n) is 15.7. The normalized spacial score (nSPS) is 10.3. The van der Waals surface area contributed by atoms with Gasteiger partial charge in [0.1, 0.15) is 0 Å². The number of aryl methyl sites for hydroxylation is 1. The maximum atomic E-state index is 12.3. The molecule has 2 amide bonds. The number of anilines is 1. The molecule has 5 nitrogen and oxygen atoms in total. The Morgan fingerprint density at radius 2 is 1.07 bits per heavy atom. The Balaban J connectivity index is 1.53. The molecule has 0 saturated heterocycles. The van der Waals surface area contributed by atoms with Crippen LogP contribution >= 0.6 is 0 Å². The van der Waals surface area contributed by atoms with E-state index in [4.69, 9.17) is 5.73 Å². The Bertz CT molecular complexity index is 866. The Hall–Kier alpha value is -3.60. The van der Waals surface area contributed by atoms with Gasteiger partial charge in [0.15, 0.2) is 0 Å². The molecule has 5 heteroatoms. The van der Waals surface area contributed by atoms with Crippen molar-refractivity contribution in [2.24, 2.45) is 0 Å². The third-order valence-electron chi connectivity index (χ3n) is 4.42. The van der Waals surface area contributed by atoms with Crippen molar-refractivity contribution in [3.8, 4) is 0 Å². The molecule has 28 heavy (non-hydrogen) atoms. The molecule has 0 saturated carbocycles. The fourth-order valence-corrected chi connectivity index (χ4v) is 2.68. The van der Waals surface area contributed by atoms with Crippen LogP contribution in [0.3, 0.4) is 0 Å². The molecule has 3 rings (SSSR count). The van der Waals surface area contributed by atoms with E-state index >= 15 is 0 Å². The average molecular weight is 373 g/mol. The third kappa shape index (κ3) is 5.20. The van der Waals surface area contributed by atoms with Crippen molar-refractivity contribution in [3.05, 3.63) is 101 Å². The number of nitrogens with two attached hydrogens (primary N) is 1. The first-order valence-corrected chi connectivity index (χ1v) is 9.08. The Morgan fingerprint density at radius 3 is 1.50 bits per heavy atom. The summed E-state index contributed by atoms with van der Waals surface area (Å²) in [5.74, 6) is -0.363. The fraction of sp³-hybridized carbons (Fsp3) is 0.130. The lowest BCUT2D eigenvalue weighted by atomic mass is 10.1. The highest BCUT2D eigenvalue weighted by Crippen LogP contribution is 2.08. The maximum Gasteiger partial charge on any atom is 0.251 e. The Kier molecular flexibility index (Phi) is 6.07. The quantitative estimate of drug-likeness (QED) is 0.579. The average Bonchev–Trinajstić information content (AvgIpc) is 2.72. The van der Waals surface area contributed by atoms with Crippen molar-refractivity contribution in [3.63, 3.8) is 0 Å². The smallest absolute Gasteiger partial charge is 0.251 e. The van der Waals surface area contributed by atoms with Crippen molar-refractivity contribution in [2.45, 2.75) is 20.0 Å². The monoisotopic (exact) mass is 373 g/mol. The zero-order valence-corrected chi connectivity index (χ0v) is 15.7. The predicted octanol–water partition coefficient (Wildman–Crippen LogP) is 3.44. The summed E-state index contributed by atoms with van der Waals surface area (Å²) in [7, 11) is 0. The van der Waals surface area contributed by atoms with E-state index < -0.39 is 0 Å². The largest absolute Gasteiger partial charge is 0.399 e. The summed E-state index contributed by atoms with van der Waals surface area (Å²) < 4.78 is 0. The second-order valence-corrected chi connectivity index (χ2v) is 6.67. The summed E-state index contributed by atoms with van der Waals surface area (Å²) in [6.45, 7) is 2.90. The molecule has 4 N–H and O–H groups in total. The first-order valence-electron chi connectivity index (χ1n) is 9.08. The van der Waals surface area contributed by atoms with Crippen LogP contribution in [0.15, 0.2) is 72.8 Å². The van der Waals surface area contributed by atoms with Crippen LogP contribution < -0.4 is 16.4 Å². The molecular formula is C23H23N3O2. The van der Waals surface area contributed by atoms with Gasteiger partial charge >= 0.3 is 0 Å². The van der Waals surface area contributed by atoms with Crippen LogP contribution in [0.5, 0.6) is 0 Å². The van der Waals surface area contributed by atoms with E-state index in [-0.39, 0.29) is 11.8 Å². The molecular weight excluding hydrogens is 350 g/mol. The van der Waals surface area contributed by atoms with Crippen LogP contribution in [0.1, 0.15) is 37.4 Å². The van der Waals surface area contributed by atoms with Crippen molar-refractivity contribution in [2.75, 3.05) is 5.73 Å². The van der Waals surface area contributed by atoms with Crippen molar-refractivity contribution >= 4 is 17.5 Å². The predicted molar refractivity (Wildman–Crippen MR) is 111 cm³/mol. The first kappa shape index (κ1) is 19.2. The number of nitrogen functional groups attached to an aromatic ring is 1. The van der Waals surface area contributed by atoms with Gasteiger partial charge in [-0.25, -0.2) is 0 Å². The molecule has 0 unspecified atom stereocenters. The number of benzene rings is 3. The van der Waals surface area contributed by atoms with Gasteiger partial charge in [0, 0.05) is 29.9 Å². The second-order valence-electron chi connectivity index (χ2n) is 6.67. The van der Waals surface area contributed by atoms with Crippen LogP contribution in [-0.2, 0) is 13.1 Å². The molecule has 142 valence electrons. The molecule has 0 aromatic heterocycles. The first-order chi connectivity index (χ1) is 13.5. The number of nitrogens with one attached hydrogen (secondary N) is 2. The van der Waals surface area contributed by atoms with Crippen LogP contribution in [-0.4, -0.2) is 11.8 Å². The van der Waals surface area contributed by atoms with E-state index in [1.54, 1.807) is 36.4 Å². The lowest BCUT2D eigenvalue weighted by Gasteiger charge is -2.08. The second kappa shape index (κ2) is 8.86. The molecule has 3 aromatic carbocycles. The minimum absolute atomic E-state index is 0.172. The summed E-state index contributed by atoms with van der Waals surface area (Å²) in [4.78, 5) is 24.6. The molecule has 0 atom stereocenters. The third-order valence-corrected chi connectivity index (χ3v) is 4.42. The lowest BCUT2D eigenvalue weighted by Crippen LogP contribution is -2.24. The highest BCUT2D eigenvalue weighted by molar-refractivity contribution is 5.97. The molecule has 0 aliphatic rings. The lowest BCUT2D eigenvalue weighted by molar-refractivity contribution is 0.0939. The van der Waals surface area contributed by atoms with Crippen molar-refractivity contribution in [1.82, 2.24) is 10.6 Å².